The molecule has 0 radical (unpaired) electrons. The smallest absolute Gasteiger partial charge is 0.290 e. The second-order valence-corrected chi connectivity index (χ2v) is 3.62. The summed E-state index contributed by atoms with van der Waals surface area (Å²) in [7, 11) is 0. The molecule has 0 aliphatic rings. The van der Waals surface area contributed by atoms with E-state index >= 15 is 0 Å². The van der Waals surface area contributed by atoms with Gasteiger partial charge in [-0.2, -0.15) is 0 Å². The highest BCUT2D eigenvalue weighted by Crippen LogP contribution is 2.07. The van der Waals surface area contributed by atoms with Gasteiger partial charge in [-0.15, -0.1) is 0 Å². The van der Waals surface area contributed by atoms with E-state index in [-0.39, 0.29) is 0 Å². The van der Waals surface area contributed by atoms with Gasteiger partial charge >= 0.3 is 0 Å². The van der Waals surface area contributed by atoms with Gasteiger partial charge in [0.25, 0.3) is 11.5 Å². The van der Waals surface area contributed by atoms with E-state index in [1.54, 1.807) is 18.2 Å². The highest BCUT2D eigenvalue weighted by molar-refractivity contribution is 5.71. The molecule has 1 heterocycles. The van der Waals surface area contributed by atoms with Gasteiger partial charge in [-0.3, -0.25) is 0 Å². The van der Waals surface area contributed by atoms with Gasteiger partial charge < -0.3 is 21.0 Å². The first-order valence-corrected chi connectivity index (χ1v) is 5.69. The van der Waals surface area contributed by atoms with Crippen molar-refractivity contribution in [2.45, 2.75) is 0 Å². The van der Waals surface area contributed by atoms with E-state index in [0.29, 0.717) is 48.1 Å². The Morgan fingerprint density at radius 2 is 2.17 bits per heavy atom. The first kappa shape index (κ1) is 12.5. The van der Waals surface area contributed by atoms with Crippen LogP contribution in [0, 0.1) is 5.21 Å². The predicted molar refractivity (Wildman–Crippen MR) is 66.9 cm³/mol. The van der Waals surface area contributed by atoms with Crippen LogP contribution in [0.25, 0.3) is 11.0 Å². The average molecular weight is 249 g/mol. The fourth-order valence-corrected chi connectivity index (χ4v) is 1.49. The molecule has 18 heavy (non-hydrogen) atoms. The fraction of sp³-hybridized carbons (Fsp3) is 0.364. The van der Waals surface area contributed by atoms with E-state index in [2.05, 4.69) is 15.4 Å². The lowest BCUT2D eigenvalue weighted by Gasteiger charge is -2.05. The molecule has 96 valence electrons. The minimum Gasteiger partial charge on any atom is -0.594 e. The first-order valence-electron chi connectivity index (χ1n) is 5.69. The maximum absolute atomic E-state index is 11.6. The molecule has 2 aromatic rings. The van der Waals surface area contributed by atoms with Crippen LogP contribution in [0.2, 0.25) is 0 Å². The molecule has 1 aromatic heterocycles. The molecular weight excluding hydrogens is 234 g/mol. The van der Waals surface area contributed by atoms with Crippen LogP contribution in [-0.4, -0.2) is 36.4 Å². The zero-order valence-electron chi connectivity index (χ0n) is 9.87. The Morgan fingerprint density at radius 3 is 3.00 bits per heavy atom. The Balaban J connectivity index is 2.01. The molecule has 0 unspecified atom stereocenters. The summed E-state index contributed by atoms with van der Waals surface area (Å²) in [6.07, 6.45) is 0. The molecule has 1 aromatic carbocycles. The van der Waals surface area contributed by atoms with Crippen molar-refractivity contribution in [3.8, 4) is 0 Å². The van der Waals surface area contributed by atoms with Gasteiger partial charge in [-0.05, 0) is 10.9 Å². The van der Waals surface area contributed by atoms with Crippen LogP contribution in [0.15, 0.2) is 24.3 Å². The number of benzene rings is 1. The number of nitrogens with two attached hydrogens (primary N) is 1. The summed E-state index contributed by atoms with van der Waals surface area (Å²) < 4.78 is 5.19. The zero-order chi connectivity index (χ0) is 12.8. The molecule has 2 rings (SSSR count). The van der Waals surface area contributed by atoms with Crippen LogP contribution < -0.4 is 15.9 Å². The minimum absolute atomic E-state index is 0.292. The van der Waals surface area contributed by atoms with E-state index in [9.17, 15) is 5.21 Å². The number of para-hydroxylation sites is 2. The number of anilines is 1. The van der Waals surface area contributed by atoms with Gasteiger partial charge in [-0.1, -0.05) is 12.1 Å². The highest BCUT2D eigenvalue weighted by Gasteiger charge is 2.08. The average Bonchev–Trinajstić information content (AvgIpc) is 2.39. The monoisotopic (exact) mass is 249 g/mol. The van der Waals surface area contributed by atoms with Crippen LogP contribution in [0.1, 0.15) is 0 Å². The second-order valence-electron chi connectivity index (χ2n) is 3.62. The molecule has 7 nitrogen and oxygen atoms in total. The molecule has 0 fully saturated rings. The zero-order valence-corrected chi connectivity index (χ0v) is 9.87. The lowest BCUT2D eigenvalue weighted by Crippen LogP contribution is -2.33. The SMILES string of the molecule is NCCOCCNc1nc2ccccc2[n+]([O-])n1. The summed E-state index contributed by atoms with van der Waals surface area (Å²) in [6, 6.07) is 7.04. The summed E-state index contributed by atoms with van der Waals surface area (Å²) >= 11 is 0. The van der Waals surface area contributed by atoms with E-state index in [4.69, 9.17) is 10.5 Å². The third kappa shape index (κ3) is 3.02. The van der Waals surface area contributed by atoms with Crippen molar-refractivity contribution in [1.29, 1.82) is 0 Å². The predicted octanol–water partition coefficient (Wildman–Crippen LogP) is -0.350. The van der Waals surface area contributed by atoms with Gasteiger partial charge in [0, 0.05) is 19.2 Å². The lowest BCUT2D eigenvalue weighted by atomic mass is 10.3. The third-order valence-electron chi connectivity index (χ3n) is 2.29. The molecule has 0 spiro atoms. The molecule has 0 amide bonds. The van der Waals surface area contributed by atoms with Gasteiger partial charge in [0.05, 0.1) is 18.3 Å². The molecule has 3 N–H and O–H groups in total. The number of hydrogen-bond acceptors (Lipinski definition) is 6. The number of nitrogens with zero attached hydrogens (tertiary/aromatic N) is 3. The van der Waals surface area contributed by atoms with Crippen molar-refractivity contribution >= 4 is 17.0 Å². The van der Waals surface area contributed by atoms with E-state index in [0.717, 1.165) is 0 Å². The minimum atomic E-state index is 0.292. The summed E-state index contributed by atoms with van der Waals surface area (Å²) in [5.74, 6) is 0.292. The van der Waals surface area contributed by atoms with Crippen molar-refractivity contribution in [2.24, 2.45) is 5.73 Å². The summed E-state index contributed by atoms with van der Waals surface area (Å²) in [5.41, 5.74) is 6.34. The maximum Gasteiger partial charge on any atom is 0.290 e. The number of ether oxygens (including phenoxy) is 1. The van der Waals surface area contributed by atoms with Crippen LogP contribution in [0.5, 0.6) is 0 Å². The fourth-order valence-electron chi connectivity index (χ4n) is 1.49. The van der Waals surface area contributed by atoms with Crippen molar-refractivity contribution in [3.63, 3.8) is 0 Å². The van der Waals surface area contributed by atoms with E-state index in [1.165, 1.54) is 0 Å². The van der Waals surface area contributed by atoms with Crippen molar-refractivity contribution in [2.75, 3.05) is 31.6 Å². The topological polar surface area (TPSA) is 100 Å². The number of aromatic nitrogens is 3. The molecule has 0 saturated carbocycles. The molecular formula is C11H15N5O2. The Bertz CT molecular complexity index is 520. The summed E-state index contributed by atoms with van der Waals surface area (Å²) in [5, 5.41) is 18.3. The van der Waals surface area contributed by atoms with Gasteiger partial charge in [0.2, 0.25) is 0 Å². The Kier molecular flexibility index (Phi) is 4.21. The van der Waals surface area contributed by atoms with Crippen LogP contribution in [-0.2, 0) is 4.74 Å². The molecule has 0 aliphatic heterocycles. The molecule has 0 bridgehead atoms. The Labute approximate surface area is 104 Å². The summed E-state index contributed by atoms with van der Waals surface area (Å²) in [6.45, 7) is 2.03. The second kappa shape index (κ2) is 6.08. The Morgan fingerprint density at radius 1 is 1.33 bits per heavy atom. The Hall–Kier alpha value is -1.99. The molecule has 0 atom stereocenters. The first-order chi connectivity index (χ1) is 8.81. The quantitative estimate of drug-likeness (QED) is 0.412. The van der Waals surface area contributed by atoms with E-state index < -0.39 is 0 Å². The van der Waals surface area contributed by atoms with Crippen molar-refractivity contribution in [1.82, 2.24) is 10.1 Å². The number of hydrogen-bond donors (Lipinski definition) is 2. The molecule has 0 aliphatic carbocycles. The summed E-state index contributed by atoms with van der Waals surface area (Å²) in [4.78, 5) is 4.79. The van der Waals surface area contributed by atoms with Gasteiger partial charge in [0.15, 0.2) is 0 Å². The van der Waals surface area contributed by atoms with Crippen LogP contribution in [0.3, 0.4) is 0 Å². The molecule has 0 saturated heterocycles. The lowest BCUT2D eigenvalue weighted by molar-refractivity contribution is -0.641. The van der Waals surface area contributed by atoms with Crippen molar-refractivity contribution < 1.29 is 9.58 Å². The van der Waals surface area contributed by atoms with Crippen molar-refractivity contribution in [3.05, 3.63) is 29.5 Å². The number of nitrogens with one attached hydrogen (secondary N) is 1. The van der Waals surface area contributed by atoms with Crippen LogP contribution in [0.4, 0.5) is 5.95 Å². The van der Waals surface area contributed by atoms with Gasteiger partial charge in [0.1, 0.15) is 5.52 Å². The highest BCUT2D eigenvalue weighted by atomic mass is 16.5. The largest absolute Gasteiger partial charge is 0.594 e. The maximum atomic E-state index is 11.6. The number of fused-ring (bicyclic) bond motifs is 1. The molecule has 7 heteroatoms. The normalized spacial score (nSPS) is 10.7. The number of rotatable bonds is 6. The third-order valence-corrected chi connectivity index (χ3v) is 2.29. The van der Waals surface area contributed by atoms with Gasteiger partial charge in [-0.25, -0.2) is 4.98 Å². The van der Waals surface area contributed by atoms with E-state index in [1.807, 2.05) is 6.07 Å². The standard InChI is InChI=1S/C11H15N5O2/c12-5-7-18-8-6-13-11-14-9-3-1-2-4-10(9)16(17)15-11/h1-4H,5-8,12H2,(H,13,14,15). The van der Waals surface area contributed by atoms with Crippen LogP contribution >= 0.6 is 0 Å².